The summed E-state index contributed by atoms with van der Waals surface area (Å²) in [6.45, 7) is 1.70. The average molecular weight is 409 g/mol. The van der Waals surface area contributed by atoms with E-state index in [1.165, 1.54) is 24.7 Å². The average Bonchev–Trinajstić information content (AvgIpc) is 3.11. The second-order valence-electron chi connectivity index (χ2n) is 5.43. The smallest absolute Gasteiger partial charge is 0.465 e. The maximum atomic E-state index is 12.2. The molecule has 0 amide bonds. The number of hydrogen-bond acceptors (Lipinski definition) is 9. The number of anilines is 2. The number of halogens is 3. The number of tetrazole rings is 1. The highest BCUT2D eigenvalue weighted by molar-refractivity contribution is 5.73. The van der Waals surface area contributed by atoms with Crippen LogP contribution in [0, 0.1) is 0 Å². The molecule has 29 heavy (non-hydrogen) atoms. The van der Waals surface area contributed by atoms with Crippen LogP contribution in [0.4, 0.5) is 24.7 Å². The van der Waals surface area contributed by atoms with Gasteiger partial charge in [-0.25, -0.2) is 14.8 Å². The maximum Gasteiger partial charge on any atom is 0.573 e. The van der Waals surface area contributed by atoms with Gasteiger partial charge in [0.05, 0.1) is 12.2 Å². The van der Waals surface area contributed by atoms with Gasteiger partial charge in [-0.15, -0.1) is 23.4 Å². The van der Waals surface area contributed by atoms with Crippen molar-refractivity contribution in [1.82, 2.24) is 30.2 Å². The van der Waals surface area contributed by atoms with Crippen molar-refractivity contribution in [2.45, 2.75) is 19.8 Å². The summed E-state index contributed by atoms with van der Waals surface area (Å²) >= 11 is 0. The zero-order chi connectivity index (χ0) is 20.9. The third kappa shape index (κ3) is 5.60. The summed E-state index contributed by atoms with van der Waals surface area (Å²) in [6, 6.07) is 5.09. The number of carbonyl (C=O) groups is 1. The number of nitrogens with one attached hydrogen (secondary N) is 1. The molecule has 0 atom stereocenters. The van der Waals surface area contributed by atoms with Crippen LogP contribution < -0.4 is 10.1 Å². The predicted octanol–water partition coefficient (Wildman–Crippen LogP) is 2.34. The highest BCUT2D eigenvalue weighted by atomic mass is 19.4. The minimum absolute atomic E-state index is 0.148. The first kappa shape index (κ1) is 20.0. The van der Waals surface area contributed by atoms with E-state index in [1.54, 1.807) is 6.92 Å². The number of nitrogens with zero attached hydrogens (tertiary/aromatic N) is 6. The number of aromatic nitrogens is 6. The van der Waals surface area contributed by atoms with E-state index in [0.29, 0.717) is 17.1 Å². The van der Waals surface area contributed by atoms with Gasteiger partial charge in [0.15, 0.2) is 6.54 Å². The van der Waals surface area contributed by atoms with Crippen molar-refractivity contribution in [2.75, 3.05) is 11.9 Å². The first-order valence-corrected chi connectivity index (χ1v) is 8.20. The van der Waals surface area contributed by atoms with Gasteiger partial charge in [0.1, 0.15) is 17.9 Å². The van der Waals surface area contributed by atoms with Crippen LogP contribution >= 0.6 is 0 Å². The Morgan fingerprint density at radius 1 is 1.24 bits per heavy atom. The standard InChI is InChI=1S/C16H14F3N7O3/c1-2-28-13(27)8-26-24-15(23-25-26)12-7-20-9-21-14(12)22-10-3-5-11(6-4-10)29-16(17,18)19/h3-7,9H,2,8H2,1H3,(H,20,21,22). The Bertz CT molecular complexity index is 976. The first-order valence-electron chi connectivity index (χ1n) is 8.20. The molecule has 0 unspecified atom stereocenters. The monoisotopic (exact) mass is 409 g/mol. The van der Waals surface area contributed by atoms with Crippen molar-refractivity contribution in [2.24, 2.45) is 0 Å². The molecule has 1 N–H and O–H groups in total. The quantitative estimate of drug-likeness (QED) is 0.587. The van der Waals surface area contributed by atoms with E-state index in [4.69, 9.17) is 4.74 Å². The van der Waals surface area contributed by atoms with Gasteiger partial charge < -0.3 is 14.8 Å². The Hall–Kier alpha value is -3.77. The van der Waals surface area contributed by atoms with Gasteiger partial charge in [0.25, 0.3) is 0 Å². The minimum Gasteiger partial charge on any atom is -0.465 e. The van der Waals surface area contributed by atoms with E-state index in [1.807, 2.05) is 0 Å². The number of benzene rings is 1. The molecule has 10 nitrogen and oxygen atoms in total. The summed E-state index contributed by atoms with van der Waals surface area (Å²) in [5, 5.41) is 14.7. The van der Waals surface area contributed by atoms with E-state index in [-0.39, 0.29) is 24.7 Å². The molecular formula is C16H14F3N7O3. The number of ether oxygens (including phenoxy) is 2. The molecule has 0 radical (unpaired) electrons. The van der Waals surface area contributed by atoms with Crippen molar-refractivity contribution >= 4 is 17.5 Å². The summed E-state index contributed by atoms with van der Waals surface area (Å²) in [4.78, 5) is 20.6. The number of esters is 1. The fraction of sp³-hybridized carbons (Fsp3) is 0.250. The highest BCUT2D eigenvalue weighted by Crippen LogP contribution is 2.27. The molecule has 2 aromatic heterocycles. The Labute approximate surface area is 161 Å². The third-order valence-corrected chi connectivity index (χ3v) is 3.33. The highest BCUT2D eigenvalue weighted by Gasteiger charge is 2.31. The molecule has 1 aromatic carbocycles. The molecular weight excluding hydrogens is 395 g/mol. The van der Waals surface area contributed by atoms with Crippen molar-refractivity contribution in [3.05, 3.63) is 36.8 Å². The van der Waals surface area contributed by atoms with E-state index >= 15 is 0 Å². The van der Waals surface area contributed by atoms with Gasteiger partial charge >= 0.3 is 12.3 Å². The fourth-order valence-corrected chi connectivity index (χ4v) is 2.21. The molecule has 3 aromatic rings. The molecule has 13 heteroatoms. The summed E-state index contributed by atoms with van der Waals surface area (Å²) in [6.07, 6.45) is -2.06. The molecule has 3 rings (SSSR count). The van der Waals surface area contributed by atoms with Gasteiger partial charge in [-0.1, -0.05) is 0 Å². The van der Waals surface area contributed by atoms with E-state index in [0.717, 1.165) is 16.9 Å². The van der Waals surface area contributed by atoms with Crippen LogP contribution in [0.2, 0.25) is 0 Å². The lowest BCUT2D eigenvalue weighted by Gasteiger charge is -2.11. The molecule has 0 aliphatic carbocycles. The Morgan fingerprint density at radius 2 is 2.00 bits per heavy atom. The topological polar surface area (TPSA) is 117 Å². The zero-order valence-corrected chi connectivity index (χ0v) is 14.9. The second kappa shape index (κ2) is 8.50. The molecule has 0 aliphatic heterocycles. The first-order chi connectivity index (χ1) is 13.8. The predicted molar refractivity (Wildman–Crippen MR) is 91.9 cm³/mol. The number of carbonyl (C=O) groups excluding carboxylic acids is 1. The van der Waals surface area contributed by atoms with Crippen LogP contribution in [0.15, 0.2) is 36.8 Å². The van der Waals surface area contributed by atoms with Crippen molar-refractivity contribution < 1.29 is 27.4 Å². The lowest BCUT2D eigenvalue weighted by Crippen LogP contribution is -2.17. The molecule has 0 aliphatic rings. The van der Waals surface area contributed by atoms with Crippen molar-refractivity contribution in [1.29, 1.82) is 0 Å². The normalized spacial score (nSPS) is 11.2. The van der Waals surface area contributed by atoms with Crippen LogP contribution in [-0.4, -0.2) is 49.1 Å². The zero-order valence-electron chi connectivity index (χ0n) is 14.9. The fourth-order valence-electron chi connectivity index (χ4n) is 2.21. The van der Waals surface area contributed by atoms with Crippen LogP contribution in [0.1, 0.15) is 6.92 Å². The third-order valence-electron chi connectivity index (χ3n) is 3.33. The van der Waals surface area contributed by atoms with Gasteiger partial charge in [-0.3, -0.25) is 0 Å². The Morgan fingerprint density at radius 3 is 2.69 bits per heavy atom. The van der Waals surface area contributed by atoms with Crippen molar-refractivity contribution in [3.8, 4) is 17.1 Å². The molecule has 0 spiro atoms. The number of hydrogen-bond donors (Lipinski definition) is 1. The Kier molecular flexibility index (Phi) is 5.85. The number of alkyl halides is 3. The largest absolute Gasteiger partial charge is 0.573 e. The lowest BCUT2D eigenvalue weighted by molar-refractivity contribution is -0.274. The molecule has 0 bridgehead atoms. The van der Waals surface area contributed by atoms with Crippen molar-refractivity contribution in [3.63, 3.8) is 0 Å². The van der Waals surface area contributed by atoms with E-state index in [2.05, 4.69) is 35.4 Å². The van der Waals surface area contributed by atoms with Gasteiger partial charge in [0, 0.05) is 11.9 Å². The second-order valence-corrected chi connectivity index (χ2v) is 5.43. The van der Waals surface area contributed by atoms with Gasteiger partial charge in [-0.2, -0.15) is 4.80 Å². The van der Waals surface area contributed by atoms with Gasteiger partial charge in [0.2, 0.25) is 5.82 Å². The van der Waals surface area contributed by atoms with Crippen LogP contribution in [0.25, 0.3) is 11.4 Å². The lowest BCUT2D eigenvalue weighted by atomic mass is 10.2. The van der Waals surface area contributed by atoms with E-state index < -0.39 is 12.3 Å². The molecule has 152 valence electrons. The van der Waals surface area contributed by atoms with Crippen LogP contribution in [-0.2, 0) is 16.1 Å². The molecule has 0 saturated carbocycles. The Balaban J connectivity index is 1.76. The van der Waals surface area contributed by atoms with Crippen LogP contribution in [0.3, 0.4) is 0 Å². The summed E-state index contributed by atoms with van der Waals surface area (Å²) in [5.74, 6) is -0.426. The molecule has 2 heterocycles. The summed E-state index contributed by atoms with van der Waals surface area (Å²) < 4.78 is 45.4. The minimum atomic E-state index is -4.77. The number of rotatable bonds is 7. The molecule has 0 fully saturated rings. The van der Waals surface area contributed by atoms with Crippen LogP contribution in [0.5, 0.6) is 5.75 Å². The molecule has 0 saturated heterocycles. The van der Waals surface area contributed by atoms with E-state index in [9.17, 15) is 18.0 Å². The summed E-state index contributed by atoms with van der Waals surface area (Å²) in [5.41, 5.74) is 0.816. The SMILES string of the molecule is CCOC(=O)Cn1nnc(-c2cncnc2Nc2ccc(OC(F)(F)F)cc2)n1. The summed E-state index contributed by atoms with van der Waals surface area (Å²) in [7, 11) is 0. The maximum absolute atomic E-state index is 12.2. The van der Waals surface area contributed by atoms with Gasteiger partial charge in [-0.05, 0) is 36.4 Å².